The number of rotatable bonds is 4. The van der Waals surface area contributed by atoms with Crippen LogP contribution in [0.25, 0.3) is 21.2 Å². The largest absolute Gasteiger partial charge is 0.378 e. The van der Waals surface area contributed by atoms with Crippen LogP contribution >= 0.6 is 23.7 Å². The number of thiophene rings is 1. The fourth-order valence-electron chi connectivity index (χ4n) is 5.51. The molecule has 1 aromatic heterocycles. The molecular formula is C27H30ClN3O3S. The van der Waals surface area contributed by atoms with Crippen molar-refractivity contribution in [3.8, 4) is 11.1 Å². The molecule has 0 saturated carbocycles. The van der Waals surface area contributed by atoms with Crippen molar-refractivity contribution in [3.63, 3.8) is 0 Å². The maximum atomic E-state index is 13.1. The van der Waals surface area contributed by atoms with E-state index in [1.807, 2.05) is 41.3 Å². The normalized spacial score (nSPS) is 23.7. The van der Waals surface area contributed by atoms with Gasteiger partial charge in [0, 0.05) is 35.9 Å². The van der Waals surface area contributed by atoms with E-state index >= 15 is 0 Å². The van der Waals surface area contributed by atoms with E-state index in [1.54, 1.807) is 11.3 Å². The Balaban J connectivity index is 0.00000253. The van der Waals surface area contributed by atoms with Crippen molar-refractivity contribution < 1.29 is 14.3 Å². The molecule has 0 unspecified atom stereocenters. The highest BCUT2D eigenvalue weighted by Gasteiger charge is 2.35. The first-order chi connectivity index (χ1) is 16.7. The zero-order valence-corrected chi connectivity index (χ0v) is 21.2. The Kier molecular flexibility index (Phi) is 7.12. The van der Waals surface area contributed by atoms with Gasteiger partial charge in [0.1, 0.15) is 0 Å². The van der Waals surface area contributed by atoms with E-state index in [4.69, 9.17) is 4.74 Å². The Morgan fingerprint density at radius 3 is 2.40 bits per heavy atom. The van der Waals surface area contributed by atoms with Crippen LogP contribution < -0.4 is 5.32 Å². The van der Waals surface area contributed by atoms with Gasteiger partial charge in [0.05, 0.1) is 18.1 Å². The quantitative estimate of drug-likeness (QED) is 0.567. The molecule has 4 fully saturated rings. The highest BCUT2D eigenvalue weighted by molar-refractivity contribution is 7.21. The van der Waals surface area contributed by atoms with Gasteiger partial charge in [-0.05, 0) is 66.6 Å². The first-order valence-electron chi connectivity index (χ1n) is 12.2. The van der Waals surface area contributed by atoms with Gasteiger partial charge in [-0.1, -0.05) is 30.3 Å². The molecule has 6 nitrogen and oxygen atoms in total. The fraction of sp³-hybridized carbons (Fsp3) is 0.407. The first kappa shape index (κ1) is 24.3. The number of fused-ring (bicyclic) bond motifs is 4. The molecule has 7 rings (SSSR count). The predicted octanol–water partition coefficient (Wildman–Crippen LogP) is 4.29. The minimum absolute atomic E-state index is 0. The monoisotopic (exact) mass is 511 g/mol. The maximum absolute atomic E-state index is 13.1. The summed E-state index contributed by atoms with van der Waals surface area (Å²) in [6, 6.07) is 16.3. The number of benzene rings is 2. The summed E-state index contributed by atoms with van der Waals surface area (Å²) in [5, 5.41) is 4.40. The van der Waals surface area contributed by atoms with Gasteiger partial charge in [-0.2, -0.15) is 0 Å². The highest BCUT2D eigenvalue weighted by Crippen LogP contribution is 2.36. The number of ether oxygens (including phenoxy) is 1. The summed E-state index contributed by atoms with van der Waals surface area (Å²) in [5.41, 5.74) is 2.84. The lowest BCUT2D eigenvalue weighted by atomic mass is 9.84. The van der Waals surface area contributed by atoms with Crippen molar-refractivity contribution in [2.24, 2.45) is 5.92 Å². The lowest BCUT2D eigenvalue weighted by molar-refractivity contribution is 0.0303. The Morgan fingerprint density at radius 2 is 1.71 bits per heavy atom. The molecule has 4 saturated heterocycles. The Hall–Kier alpha value is -2.45. The van der Waals surface area contributed by atoms with Crippen molar-refractivity contribution in [2.75, 3.05) is 45.9 Å². The summed E-state index contributed by atoms with van der Waals surface area (Å²) in [5.74, 6) is 0.700. The van der Waals surface area contributed by atoms with Crippen molar-refractivity contribution in [1.29, 1.82) is 0 Å². The minimum Gasteiger partial charge on any atom is -0.378 e. The van der Waals surface area contributed by atoms with E-state index in [0.29, 0.717) is 37.8 Å². The summed E-state index contributed by atoms with van der Waals surface area (Å²) < 4.78 is 6.46. The SMILES string of the molecule is Cl.O=C(N[C@H]1CN2CCC1CC2)c1cc2cccc(-c3ccc(C(=O)N4CCOCC4)cc3)c2s1. The van der Waals surface area contributed by atoms with Gasteiger partial charge >= 0.3 is 0 Å². The van der Waals surface area contributed by atoms with Gasteiger partial charge in [-0.15, -0.1) is 23.7 Å². The molecule has 3 aromatic rings. The Labute approximate surface area is 215 Å². The molecule has 1 atom stereocenters. The number of hydrogen-bond acceptors (Lipinski definition) is 5. The summed E-state index contributed by atoms with van der Waals surface area (Å²) in [6.07, 6.45) is 2.37. The average Bonchev–Trinajstić information content (AvgIpc) is 3.35. The van der Waals surface area contributed by atoms with Crippen molar-refractivity contribution in [3.05, 3.63) is 59.0 Å². The summed E-state index contributed by atoms with van der Waals surface area (Å²) in [7, 11) is 0. The third-order valence-corrected chi connectivity index (χ3v) is 8.66. The zero-order chi connectivity index (χ0) is 23.1. The van der Waals surface area contributed by atoms with Gasteiger partial charge in [0.15, 0.2) is 0 Å². The van der Waals surface area contributed by atoms with E-state index in [0.717, 1.165) is 32.6 Å². The second-order valence-electron chi connectivity index (χ2n) is 9.53. The van der Waals surface area contributed by atoms with Gasteiger partial charge in [0.2, 0.25) is 0 Å². The number of carbonyl (C=O) groups excluding carboxylic acids is 2. The molecule has 1 N–H and O–H groups in total. The number of piperidine rings is 3. The summed E-state index contributed by atoms with van der Waals surface area (Å²) in [4.78, 5) is 30.9. The van der Waals surface area contributed by atoms with Crippen LogP contribution in [-0.4, -0.2) is 73.6 Å². The molecule has 4 aliphatic rings. The smallest absolute Gasteiger partial charge is 0.261 e. The molecule has 0 radical (unpaired) electrons. The highest BCUT2D eigenvalue weighted by atomic mass is 35.5. The lowest BCUT2D eigenvalue weighted by Crippen LogP contribution is -2.57. The van der Waals surface area contributed by atoms with Crippen LogP contribution in [-0.2, 0) is 4.74 Å². The Morgan fingerprint density at radius 1 is 0.971 bits per heavy atom. The van der Waals surface area contributed by atoms with Gasteiger partial charge in [-0.25, -0.2) is 0 Å². The second-order valence-corrected chi connectivity index (χ2v) is 10.6. The van der Waals surface area contributed by atoms with Gasteiger partial charge in [0.25, 0.3) is 11.8 Å². The van der Waals surface area contributed by atoms with Crippen LogP contribution in [0.15, 0.2) is 48.5 Å². The molecule has 5 heterocycles. The molecule has 2 aromatic carbocycles. The lowest BCUT2D eigenvalue weighted by Gasteiger charge is -2.44. The third kappa shape index (κ3) is 4.83. The van der Waals surface area contributed by atoms with Crippen LogP contribution in [0.2, 0.25) is 0 Å². The standard InChI is InChI=1S/C27H29N3O3S.ClH/c31-26(28-23-17-29-10-8-19(23)9-11-29)24-16-21-2-1-3-22(25(21)34-24)18-4-6-20(7-5-18)27(32)30-12-14-33-15-13-30;/h1-7,16,19,23H,8-15,17H2,(H,28,31);1H/t23-;/m0./s1. The van der Waals surface area contributed by atoms with Crippen LogP contribution in [0.3, 0.4) is 0 Å². The van der Waals surface area contributed by atoms with Gasteiger partial charge < -0.3 is 19.9 Å². The summed E-state index contributed by atoms with van der Waals surface area (Å²) in [6.45, 7) is 5.78. The molecular weight excluding hydrogens is 482 g/mol. The molecule has 0 spiro atoms. The summed E-state index contributed by atoms with van der Waals surface area (Å²) >= 11 is 1.55. The van der Waals surface area contributed by atoms with Crippen LogP contribution in [0.5, 0.6) is 0 Å². The van der Waals surface area contributed by atoms with E-state index in [9.17, 15) is 9.59 Å². The topological polar surface area (TPSA) is 61.9 Å². The predicted molar refractivity (Wildman–Crippen MR) is 142 cm³/mol. The zero-order valence-electron chi connectivity index (χ0n) is 19.6. The maximum Gasteiger partial charge on any atom is 0.261 e. The van der Waals surface area contributed by atoms with E-state index in [2.05, 4.69) is 22.3 Å². The number of halogens is 1. The van der Waals surface area contributed by atoms with E-state index in [-0.39, 0.29) is 30.3 Å². The molecule has 35 heavy (non-hydrogen) atoms. The number of amides is 2. The third-order valence-electron chi connectivity index (χ3n) is 7.48. The molecule has 2 bridgehead atoms. The number of nitrogens with one attached hydrogen (secondary N) is 1. The van der Waals surface area contributed by atoms with E-state index in [1.165, 1.54) is 25.9 Å². The molecule has 0 aliphatic carbocycles. The van der Waals surface area contributed by atoms with Crippen molar-refractivity contribution in [2.45, 2.75) is 18.9 Å². The van der Waals surface area contributed by atoms with Gasteiger partial charge in [-0.3, -0.25) is 9.59 Å². The minimum atomic E-state index is 0. The number of nitrogens with zero attached hydrogens (tertiary/aromatic N) is 2. The molecule has 2 amide bonds. The molecule has 184 valence electrons. The van der Waals surface area contributed by atoms with Crippen molar-refractivity contribution in [1.82, 2.24) is 15.1 Å². The average molecular weight is 512 g/mol. The fourth-order valence-corrected chi connectivity index (χ4v) is 6.61. The van der Waals surface area contributed by atoms with Crippen LogP contribution in [0.4, 0.5) is 0 Å². The molecule has 8 heteroatoms. The second kappa shape index (κ2) is 10.3. The van der Waals surface area contributed by atoms with E-state index < -0.39 is 0 Å². The van der Waals surface area contributed by atoms with Crippen LogP contribution in [0, 0.1) is 5.92 Å². The first-order valence-corrected chi connectivity index (χ1v) is 13.0. The molecule has 4 aliphatic heterocycles. The number of morpholine rings is 1. The Bertz CT molecular complexity index is 1210. The van der Waals surface area contributed by atoms with Crippen molar-refractivity contribution >= 4 is 45.6 Å². The van der Waals surface area contributed by atoms with Crippen LogP contribution in [0.1, 0.15) is 32.9 Å². The number of hydrogen-bond donors (Lipinski definition) is 1. The number of carbonyl (C=O) groups is 2.